The summed E-state index contributed by atoms with van der Waals surface area (Å²) in [7, 11) is -3.64. The number of hydrogen-bond donors (Lipinski definition) is 0. The summed E-state index contributed by atoms with van der Waals surface area (Å²) in [6.45, 7) is 2.13. The van der Waals surface area contributed by atoms with E-state index >= 15 is 0 Å². The summed E-state index contributed by atoms with van der Waals surface area (Å²) in [5.74, 6) is -0.155. The number of sulfonamides is 1. The van der Waals surface area contributed by atoms with Crippen molar-refractivity contribution in [1.82, 2.24) is 4.31 Å². The van der Waals surface area contributed by atoms with E-state index in [2.05, 4.69) is 0 Å². The number of carbonyl (C=O) groups is 1. The van der Waals surface area contributed by atoms with Gasteiger partial charge >= 0.3 is 0 Å². The predicted octanol–water partition coefficient (Wildman–Crippen LogP) is 3.29. The van der Waals surface area contributed by atoms with Gasteiger partial charge in [0.05, 0.1) is 4.90 Å². The zero-order chi connectivity index (χ0) is 16.6. The van der Waals surface area contributed by atoms with E-state index in [1.165, 1.54) is 23.4 Å². The van der Waals surface area contributed by atoms with E-state index in [0.29, 0.717) is 30.1 Å². The van der Waals surface area contributed by atoms with Crippen LogP contribution in [0.25, 0.3) is 0 Å². The standard InChI is InChI=1S/C17H16ClNO3S/c1-12(20)14-3-2-4-17(10-14)23(21,22)19-8-7-13-5-6-16(18)9-15(13)11-19/h2-6,9-10H,7-8,11H2,1H3. The molecule has 23 heavy (non-hydrogen) atoms. The molecule has 0 amide bonds. The molecule has 2 aromatic rings. The van der Waals surface area contributed by atoms with Crippen LogP contribution in [-0.2, 0) is 23.0 Å². The highest BCUT2D eigenvalue weighted by atomic mass is 35.5. The molecule has 0 fully saturated rings. The summed E-state index contributed by atoms with van der Waals surface area (Å²) in [6, 6.07) is 11.7. The number of benzene rings is 2. The third-order valence-corrected chi connectivity index (χ3v) is 6.10. The lowest BCUT2D eigenvalue weighted by Crippen LogP contribution is -2.36. The Morgan fingerprint density at radius 1 is 1.13 bits per heavy atom. The van der Waals surface area contributed by atoms with Crippen molar-refractivity contribution in [3.05, 3.63) is 64.2 Å². The smallest absolute Gasteiger partial charge is 0.243 e. The summed E-state index contributed by atoms with van der Waals surface area (Å²) < 4.78 is 27.1. The van der Waals surface area contributed by atoms with Crippen molar-refractivity contribution in [3.8, 4) is 0 Å². The van der Waals surface area contributed by atoms with Crippen molar-refractivity contribution in [2.24, 2.45) is 0 Å². The van der Waals surface area contributed by atoms with Crippen LogP contribution in [0, 0.1) is 0 Å². The zero-order valence-corrected chi connectivity index (χ0v) is 14.2. The lowest BCUT2D eigenvalue weighted by atomic mass is 10.0. The normalized spacial score (nSPS) is 15.2. The highest BCUT2D eigenvalue weighted by Gasteiger charge is 2.28. The van der Waals surface area contributed by atoms with Gasteiger partial charge in [-0.1, -0.05) is 29.8 Å². The molecule has 1 heterocycles. The van der Waals surface area contributed by atoms with Crippen molar-refractivity contribution in [1.29, 1.82) is 0 Å². The predicted molar refractivity (Wildman–Crippen MR) is 89.2 cm³/mol. The monoisotopic (exact) mass is 349 g/mol. The number of fused-ring (bicyclic) bond motifs is 1. The van der Waals surface area contributed by atoms with E-state index in [-0.39, 0.29) is 10.7 Å². The molecule has 0 unspecified atom stereocenters. The van der Waals surface area contributed by atoms with Crippen LogP contribution in [0.15, 0.2) is 47.4 Å². The average Bonchev–Trinajstić information content (AvgIpc) is 2.54. The third kappa shape index (κ3) is 3.17. The van der Waals surface area contributed by atoms with Crippen LogP contribution in [0.1, 0.15) is 28.4 Å². The van der Waals surface area contributed by atoms with E-state index in [1.807, 2.05) is 18.2 Å². The molecule has 0 atom stereocenters. The molecule has 0 saturated heterocycles. The molecule has 0 spiro atoms. The first-order chi connectivity index (χ1) is 10.9. The first-order valence-electron chi connectivity index (χ1n) is 7.26. The number of carbonyl (C=O) groups excluding carboxylic acids is 1. The van der Waals surface area contributed by atoms with E-state index in [1.54, 1.807) is 12.1 Å². The summed E-state index contributed by atoms with van der Waals surface area (Å²) in [4.78, 5) is 11.6. The Morgan fingerprint density at radius 2 is 1.91 bits per heavy atom. The van der Waals surface area contributed by atoms with Gasteiger partial charge in [0.25, 0.3) is 0 Å². The number of Topliss-reactive ketones (excluding diaryl/α,β-unsaturated/α-hetero) is 1. The summed E-state index contributed by atoms with van der Waals surface area (Å²) >= 11 is 6.01. The Hall–Kier alpha value is -1.69. The second-order valence-corrected chi connectivity index (χ2v) is 7.96. The second-order valence-electron chi connectivity index (χ2n) is 5.59. The molecule has 1 aliphatic rings. The van der Waals surface area contributed by atoms with Gasteiger partial charge in [-0.3, -0.25) is 4.79 Å². The van der Waals surface area contributed by atoms with Crippen molar-refractivity contribution < 1.29 is 13.2 Å². The second kappa shape index (κ2) is 6.07. The van der Waals surface area contributed by atoms with Crippen LogP contribution in [0.2, 0.25) is 5.02 Å². The Kier molecular flexibility index (Phi) is 4.27. The van der Waals surface area contributed by atoms with Gasteiger partial charge in [0, 0.05) is 23.7 Å². The van der Waals surface area contributed by atoms with Gasteiger partial charge in [-0.05, 0) is 48.7 Å². The highest BCUT2D eigenvalue weighted by molar-refractivity contribution is 7.89. The SMILES string of the molecule is CC(=O)c1cccc(S(=O)(=O)N2CCc3ccc(Cl)cc3C2)c1. The van der Waals surface area contributed by atoms with Crippen LogP contribution in [0.4, 0.5) is 0 Å². The van der Waals surface area contributed by atoms with E-state index in [9.17, 15) is 13.2 Å². The first-order valence-corrected chi connectivity index (χ1v) is 9.08. The first kappa shape index (κ1) is 16.2. The summed E-state index contributed by atoms with van der Waals surface area (Å²) in [5.41, 5.74) is 2.44. The lowest BCUT2D eigenvalue weighted by molar-refractivity contribution is 0.101. The van der Waals surface area contributed by atoms with Crippen LogP contribution in [0.5, 0.6) is 0 Å². The third-order valence-electron chi connectivity index (χ3n) is 4.02. The fourth-order valence-corrected chi connectivity index (χ4v) is 4.39. The molecule has 120 valence electrons. The Balaban J connectivity index is 1.95. The fourth-order valence-electron chi connectivity index (χ4n) is 2.73. The quantitative estimate of drug-likeness (QED) is 0.799. The van der Waals surface area contributed by atoms with E-state index < -0.39 is 10.0 Å². The highest BCUT2D eigenvalue weighted by Crippen LogP contribution is 2.27. The van der Waals surface area contributed by atoms with Gasteiger partial charge in [0.2, 0.25) is 10.0 Å². The molecular weight excluding hydrogens is 334 g/mol. The number of halogens is 1. The maximum Gasteiger partial charge on any atom is 0.243 e. The molecule has 0 N–H and O–H groups in total. The van der Waals surface area contributed by atoms with E-state index in [4.69, 9.17) is 11.6 Å². The van der Waals surface area contributed by atoms with Gasteiger partial charge < -0.3 is 0 Å². The van der Waals surface area contributed by atoms with Crippen molar-refractivity contribution in [2.45, 2.75) is 24.8 Å². The number of nitrogens with zero attached hydrogens (tertiary/aromatic N) is 1. The van der Waals surface area contributed by atoms with Crippen LogP contribution in [-0.4, -0.2) is 25.1 Å². The molecule has 0 bridgehead atoms. The molecule has 6 heteroatoms. The molecule has 0 saturated carbocycles. The number of ketones is 1. The van der Waals surface area contributed by atoms with Gasteiger partial charge in [-0.15, -0.1) is 0 Å². The topological polar surface area (TPSA) is 54.5 Å². The maximum absolute atomic E-state index is 12.8. The van der Waals surface area contributed by atoms with Crippen molar-refractivity contribution in [3.63, 3.8) is 0 Å². The van der Waals surface area contributed by atoms with Crippen molar-refractivity contribution >= 4 is 27.4 Å². The van der Waals surface area contributed by atoms with Gasteiger partial charge in [-0.2, -0.15) is 4.31 Å². The minimum atomic E-state index is -3.64. The molecule has 0 radical (unpaired) electrons. The zero-order valence-electron chi connectivity index (χ0n) is 12.6. The molecule has 0 aromatic heterocycles. The van der Waals surface area contributed by atoms with Crippen LogP contribution < -0.4 is 0 Å². The van der Waals surface area contributed by atoms with Crippen LogP contribution >= 0.6 is 11.6 Å². The van der Waals surface area contributed by atoms with Crippen molar-refractivity contribution in [2.75, 3.05) is 6.54 Å². The maximum atomic E-state index is 12.8. The summed E-state index contributed by atoms with van der Waals surface area (Å²) in [6.07, 6.45) is 0.651. The molecule has 1 aliphatic heterocycles. The number of rotatable bonds is 3. The van der Waals surface area contributed by atoms with Gasteiger partial charge in [-0.25, -0.2) is 8.42 Å². The average molecular weight is 350 g/mol. The van der Waals surface area contributed by atoms with Crippen LogP contribution in [0.3, 0.4) is 0 Å². The lowest BCUT2D eigenvalue weighted by Gasteiger charge is -2.28. The molecule has 2 aromatic carbocycles. The molecule has 4 nitrogen and oxygen atoms in total. The fraction of sp³-hybridized carbons (Fsp3) is 0.235. The molecule has 3 rings (SSSR count). The molecule has 0 aliphatic carbocycles. The Morgan fingerprint density at radius 3 is 2.65 bits per heavy atom. The Bertz CT molecular complexity index is 877. The Labute approximate surface area is 140 Å². The van der Waals surface area contributed by atoms with E-state index in [0.717, 1.165) is 11.1 Å². The van der Waals surface area contributed by atoms with Gasteiger partial charge in [0.1, 0.15) is 0 Å². The minimum absolute atomic E-state index is 0.149. The molecular formula is C17H16ClNO3S. The minimum Gasteiger partial charge on any atom is -0.295 e. The number of hydrogen-bond acceptors (Lipinski definition) is 3. The summed E-state index contributed by atoms with van der Waals surface area (Å²) in [5, 5.41) is 0.599. The largest absolute Gasteiger partial charge is 0.295 e. The van der Waals surface area contributed by atoms with Gasteiger partial charge in [0.15, 0.2) is 5.78 Å².